The number of rotatable bonds is 9. The van der Waals surface area contributed by atoms with Gasteiger partial charge in [-0.2, -0.15) is 0 Å². The fourth-order valence-corrected chi connectivity index (χ4v) is 4.56. The normalized spacial score (nSPS) is 15.6. The Morgan fingerprint density at radius 3 is 2.56 bits per heavy atom. The maximum atomic E-state index is 12.2. The van der Waals surface area contributed by atoms with Gasteiger partial charge in [-0.25, -0.2) is 4.99 Å². The molecule has 2 heterocycles. The minimum Gasteiger partial charge on any atom is -0.492 e. The van der Waals surface area contributed by atoms with Crippen molar-refractivity contribution in [2.24, 2.45) is 10.7 Å². The van der Waals surface area contributed by atoms with E-state index in [1.54, 1.807) is 18.5 Å². The van der Waals surface area contributed by atoms with Gasteiger partial charge in [0.15, 0.2) is 0 Å². The molecule has 1 aromatic carbocycles. The fraction of sp³-hybridized carbons (Fsp3) is 0.333. The Bertz CT molecular complexity index is 1010. The van der Waals surface area contributed by atoms with E-state index in [1.165, 1.54) is 25.1 Å². The molecular weight excluding hydrogens is 454 g/mol. The van der Waals surface area contributed by atoms with Gasteiger partial charge in [-0.3, -0.25) is 14.6 Å². The molecule has 180 valence electrons. The van der Waals surface area contributed by atoms with E-state index in [-0.39, 0.29) is 25.0 Å². The highest BCUT2D eigenvalue weighted by atomic mass is 32.2. The summed E-state index contributed by atoms with van der Waals surface area (Å²) in [4.78, 5) is 33.1. The zero-order chi connectivity index (χ0) is 24.2. The predicted molar refractivity (Wildman–Crippen MR) is 133 cm³/mol. The number of carbonyl (C=O) groups is 2. The first-order valence-corrected chi connectivity index (χ1v) is 11.7. The number of amides is 2. The summed E-state index contributed by atoms with van der Waals surface area (Å²) in [6, 6.07) is 11.1. The molecule has 0 saturated carbocycles. The van der Waals surface area contributed by atoms with Crippen LogP contribution < -0.4 is 21.1 Å². The van der Waals surface area contributed by atoms with Crippen molar-refractivity contribution >= 4 is 35.6 Å². The molecule has 2 amide bonds. The molecule has 3 rings (SSSR count). The predicted octanol–water partition coefficient (Wildman–Crippen LogP) is 1.99. The second-order valence-corrected chi connectivity index (χ2v) is 8.97. The molecule has 0 radical (unpaired) electrons. The minimum absolute atomic E-state index is 0.0482. The number of aliphatic imine (C=N–C) groups is 1. The first-order chi connectivity index (χ1) is 16.5. The van der Waals surface area contributed by atoms with Crippen LogP contribution in [0.15, 0.2) is 64.9 Å². The Balaban J connectivity index is 1.41. The molecule has 0 spiro atoms. The molecule has 0 bridgehead atoms. The highest BCUT2D eigenvalue weighted by Gasteiger charge is 2.38. The number of carbonyl (C=O) groups excluding carboxylic acids is 2. The number of aromatic nitrogens is 1. The van der Waals surface area contributed by atoms with Gasteiger partial charge in [-0.1, -0.05) is 0 Å². The number of primary amides is 1. The van der Waals surface area contributed by atoms with Crippen molar-refractivity contribution in [3.63, 3.8) is 0 Å². The number of hydrogen-bond donors (Lipinski definition) is 3. The van der Waals surface area contributed by atoms with Gasteiger partial charge in [0.1, 0.15) is 17.1 Å². The van der Waals surface area contributed by atoms with Gasteiger partial charge in [-0.05, 0) is 74.0 Å². The third-order valence-electron chi connectivity index (χ3n) is 5.20. The van der Waals surface area contributed by atoms with E-state index in [2.05, 4.69) is 20.6 Å². The van der Waals surface area contributed by atoms with Gasteiger partial charge in [-0.15, -0.1) is 11.8 Å². The summed E-state index contributed by atoms with van der Waals surface area (Å²) in [5, 5.41) is 5.97. The highest BCUT2D eigenvalue weighted by molar-refractivity contribution is 8.01. The zero-order valence-corrected chi connectivity index (χ0v) is 19.8. The lowest BCUT2D eigenvalue weighted by atomic mass is 9.96. The number of thioether (sulfide) groups is 1. The Morgan fingerprint density at radius 2 is 1.91 bits per heavy atom. The standard InChI is InChI=1S/C24H29N5O4S/c1-26-22(33-16-8-18-6-11-27-12-7-18)21(30)29-15-17-32-19-2-4-20(5-3-19)34-24(23(25)31)9-13-28-14-10-24/h2-8,11-12,16,28H,9-10,13-15,17H2,1H3,(H2,25,31)(H,29,30)/b16-8+,26-22?. The SMILES string of the molecule is CN=C(O/C=C/c1ccncc1)C(=O)NCCOc1ccc(SC2(C(N)=O)CCNCC2)cc1. The van der Waals surface area contributed by atoms with Crippen molar-refractivity contribution in [1.82, 2.24) is 15.6 Å². The first-order valence-electron chi connectivity index (χ1n) is 10.9. The topological polar surface area (TPSA) is 128 Å². The van der Waals surface area contributed by atoms with Crippen molar-refractivity contribution in [3.05, 3.63) is 60.6 Å². The largest absolute Gasteiger partial charge is 0.492 e. The smallest absolute Gasteiger partial charge is 0.306 e. The second kappa shape index (κ2) is 12.8. The third kappa shape index (κ3) is 7.32. The van der Waals surface area contributed by atoms with Gasteiger partial charge in [0, 0.05) is 24.3 Å². The van der Waals surface area contributed by atoms with Crippen molar-refractivity contribution in [2.75, 3.05) is 33.3 Å². The van der Waals surface area contributed by atoms with E-state index in [1.807, 2.05) is 36.4 Å². The molecule has 1 aromatic heterocycles. The van der Waals surface area contributed by atoms with Gasteiger partial charge in [0.05, 0.1) is 12.8 Å². The van der Waals surface area contributed by atoms with E-state index < -0.39 is 10.7 Å². The van der Waals surface area contributed by atoms with Gasteiger partial charge < -0.3 is 25.8 Å². The summed E-state index contributed by atoms with van der Waals surface area (Å²) in [6.45, 7) is 2.11. The summed E-state index contributed by atoms with van der Waals surface area (Å²) in [7, 11) is 1.48. The molecule has 1 aliphatic heterocycles. The van der Waals surface area contributed by atoms with Crippen molar-refractivity contribution in [1.29, 1.82) is 0 Å². The third-order valence-corrected chi connectivity index (χ3v) is 6.71. The summed E-state index contributed by atoms with van der Waals surface area (Å²) < 4.78 is 10.5. The van der Waals surface area contributed by atoms with Gasteiger partial charge in [0.2, 0.25) is 5.91 Å². The van der Waals surface area contributed by atoms with Crippen LogP contribution in [-0.4, -0.2) is 60.7 Å². The average molecular weight is 484 g/mol. The van der Waals surface area contributed by atoms with Crippen LogP contribution in [0.1, 0.15) is 18.4 Å². The number of nitrogens with two attached hydrogens (primary N) is 1. The fourth-order valence-electron chi connectivity index (χ4n) is 3.33. The molecule has 2 aromatic rings. The Labute approximate surface area is 203 Å². The average Bonchev–Trinajstić information content (AvgIpc) is 2.86. The van der Waals surface area contributed by atoms with E-state index in [0.717, 1.165) is 23.5 Å². The summed E-state index contributed by atoms with van der Waals surface area (Å²) in [5.41, 5.74) is 6.59. The van der Waals surface area contributed by atoms with Crippen LogP contribution in [0.5, 0.6) is 5.75 Å². The summed E-state index contributed by atoms with van der Waals surface area (Å²) in [5.74, 6) is -0.0937. The number of pyridine rings is 1. The number of benzene rings is 1. The minimum atomic E-state index is -0.577. The molecule has 9 nitrogen and oxygen atoms in total. The molecule has 0 aliphatic carbocycles. The van der Waals surface area contributed by atoms with Crippen LogP contribution in [0.3, 0.4) is 0 Å². The maximum Gasteiger partial charge on any atom is 0.306 e. The lowest BCUT2D eigenvalue weighted by Gasteiger charge is -2.34. The Hall–Kier alpha value is -3.37. The molecule has 1 saturated heterocycles. The van der Waals surface area contributed by atoms with E-state index >= 15 is 0 Å². The molecule has 4 N–H and O–H groups in total. The van der Waals surface area contributed by atoms with Crippen LogP contribution in [-0.2, 0) is 14.3 Å². The van der Waals surface area contributed by atoms with Crippen LogP contribution in [0.2, 0.25) is 0 Å². The number of nitrogens with zero attached hydrogens (tertiary/aromatic N) is 2. The van der Waals surface area contributed by atoms with Crippen molar-refractivity contribution in [3.8, 4) is 5.75 Å². The Kier molecular flexibility index (Phi) is 9.48. The van der Waals surface area contributed by atoms with Crippen LogP contribution >= 0.6 is 11.8 Å². The van der Waals surface area contributed by atoms with Crippen LogP contribution in [0, 0.1) is 0 Å². The molecule has 1 aliphatic rings. The highest BCUT2D eigenvalue weighted by Crippen LogP contribution is 2.39. The maximum absolute atomic E-state index is 12.2. The van der Waals surface area contributed by atoms with Crippen molar-refractivity contribution < 1.29 is 19.1 Å². The monoisotopic (exact) mass is 483 g/mol. The molecule has 10 heteroatoms. The zero-order valence-electron chi connectivity index (χ0n) is 19.0. The van der Waals surface area contributed by atoms with Crippen molar-refractivity contribution in [2.45, 2.75) is 22.5 Å². The van der Waals surface area contributed by atoms with E-state index in [9.17, 15) is 9.59 Å². The number of ether oxygens (including phenoxy) is 2. The van der Waals surface area contributed by atoms with Crippen LogP contribution in [0.25, 0.3) is 6.08 Å². The number of nitrogens with one attached hydrogen (secondary N) is 2. The molecule has 1 fully saturated rings. The quantitative estimate of drug-likeness (QED) is 0.215. The van der Waals surface area contributed by atoms with Gasteiger partial charge in [0.25, 0.3) is 5.90 Å². The molecule has 34 heavy (non-hydrogen) atoms. The lowest BCUT2D eigenvalue weighted by molar-refractivity contribution is -0.121. The molecular formula is C24H29N5O4S. The van der Waals surface area contributed by atoms with E-state index in [4.69, 9.17) is 15.2 Å². The lowest BCUT2D eigenvalue weighted by Crippen LogP contribution is -2.48. The molecule has 0 unspecified atom stereocenters. The van der Waals surface area contributed by atoms with Crippen LogP contribution in [0.4, 0.5) is 0 Å². The summed E-state index contributed by atoms with van der Waals surface area (Å²) >= 11 is 1.51. The molecule has 0 atom stereocenters. The van der Waals surface area contributed by atoms with Gasteiger partial charge >= 0.3 is 5.91 Å². The number of piperidine rings is 1. The second-order valence-electron chi connectivity index (χ2n) is 7.52. The number of hydrogen-bond acceptors (Lipinski definition) is 8. The summed E-state index contributed by atoms with van der Waals surface area (Å²) in [6.07, 6.45) is 7.86. The van der Waals surface area contributed by atoms with E-state index in [0.29, 0.717) is 18.6 Å². The Morgan fingerprint density at radius 1 is 1.21 bits per heavy atom. The first kappa shape index (κ1) is 25.3.